The lowest BCUT2D eigenvalue weighted by Gasteiger charge is -2.27. The van der Waals surface area contributed by atoms with E-state index < -0.39 is 0 Å². The molecule has 0 spiro atoms. The second kappa shape index (κ2) is 21.6. The van der Waals surface area contributed by atoms with Crippen molar-refractivity contribution >= 4 is 54.6 Å². The monoisotopic (exact) mass is 677 g/mol. The zero-order chi connectivity index (χ0) is 33.0. The maximum atomic E-state index is 12.2. The van der Waals surface area contributed by atoms with Gasteiger partial charge in [0.25, 0.3) is 5.91 Å². The minimum absolute atomic E-state index is 0.102. The molecule has 1 atom stereocenters. The third kappa shape index (κ3) is 13.4. The summed E-state index contributed by atoms with van der Waals surface area (Å²) in [5.74, 6) is 0.638. The van der Waals surface area contributed by atoms with E-state index in [1.807, 2.05) is 12.1 Å². The van der Waals surface area contributed by atoms with Crippen LogP contribution in [0.4, 0.5) is 0 Å². The number of ether oxygens (including phenoxy) is 2. The van der Waals surface area contributed by atoms with Crippen LogP contribution in [0.15, 0.2) is 60.7 Å². The number of nitrogens with one attached hydrogen (secondary N) is 3. The molecule has 2 aliphatic rings. The topological polar surface area (TPSA) is 115 Å². The first-order valence-electron chi connectivity index (χ1n) is 14.4. The van der Waals surface area contributed by atoms with Gasteiger partial charge in [-0.15, -0.1) is 0 Å². The summed E-state index contributed by atoms with van der Waals surface area (Å²) in [7, 11) is 4.86. The second-order valence-electron chi connectivity index (χ2n) is 10.2. The fraction of sp³-hybridized carbons (Fsp3) is 0.364. The minimum Gasteiger partial charge on any atom is -0.497 e. The summed E-state index contributed by atoms with van der Waals surface area (Å²) in [6, 6.07) is 18.3. The molecule has 1 saturated carbocycles. The maximum absolute atomic E-state index is 12.2. The standard InChI is InChI=1S/C16H13Cl2NO2.C9H9NO3.C6H13NS.C2H6O/c1-21-11-3-5-12-9(6-11)7-15(19-16(12)20)13-4-2-10(17)8-14(13)18;11-5-8-2-1-3-9(4-8)6-13-10-7-12;8-7-6-4-2-1-3-5-6;1-3-2/h2-6,8,15H,7H2,1H3,(H,19,20);1-5,7H,6H2,(H,10,12);6-8H,1-5H2;1-2H3. The van der Waals surface area contributed by atoms with E-state index >= 15 is 0 Å². The van der Waals surface area contributed by atoms with Crippen LogP contribution in [0, 0.1) is 0 Å². The van der Waals surface area contributed by atoms with Crippen LogP contribution < -0.4 is 20.3 Å². The molecule has 3 N–H and O–H groups in total. The molecule has 0 bridgehead atoms. The lowest BCUT2D eigenvalue weighted by Crippen LogP contribution is -2.35. The predicted molar refractivity (Wildman–Crippen MR) is 181 cm³/mol. The third-order valence-corrected chi connectivity index (χ3v) is 7.80. The van der Waals surface area contributed by atoms with E-state index in [4.69, 9.17) is 32.8 Å². The highest BCUT2D eigenvalue weighted by Crippen LogP contribution is 2.33. The lowest BCUT2D eigenvalue weighted by atomic mass is 9.91. The van der Waals surface area contributed by atoms with Gasteiger partial charge in [-0.05, 0) is 72.4 Å². The fourth-order valence-corrected chi connectivity index (χ4v) is 5.51. The number of hydrogen-bond acceptors (Lipinski definition) is 8. The number of carbonyl (C=O) groups is 3. The van der Waals surface area contributed by atoms with Gasteiger partial charge in [-0.1, -0.05) is 79.5 Å². The molecule has 244 valence electrons. The van der Waals surface area contributed by atoms with E-state index in [0.717, 1.165) is 28.7 Å². The normalized spacial score (nSPS) is 15.2. The summed E-state index contributed by atoms with van der Waals surface area (Å²) in [5, 5.41) is 4.11. The number of halogens is 2. The summed E-state index contributed by atoms with van der Waals surface area (Å²) < 4.78 is 12.5. The van der Waals surface area contributed by atoms with Gasteiger partial charge in [-0.3, -0.25) is 23.9 Å². The summed E-state index contributed by atoms with van der Waals surface area (Å²) >= 11 is 16.2. The van der Waals surface area contributed by atoms with Gasteiger partial charge < -0.3 is 14.8 Å². The summed E-state index contributed by atoms with van der Waals surface area (Å²) in [6.07, 6.45) is 8.72. The van der Waals surface area contributed by atoms with Crippen LogP contribution in [-0.2, 0) is 27.4 Å². The van der Waals surface area contributed by atoms with Gasteiger partial charge in [-0.2, -0.15) is 0 Å². The van der Waals surface area contributed by atoms with Crippen LogP contribution in [0.2, 0.25) is 10.0 Å². The number of carbonyl (C=O) groups excluding carboxylic acids is 3. The number of rotatable bonds is 8. The molecule has 0 aromatic heterocycles. The molecular weight excluding hydrogens is 637 g/mol. The number of hydrogen-bond donors (Lipinski definition) is 4. The van der Waals surface area contributed by atoms with Gasteiger partial charge in [0.15, 0.2) is 0 Å². The van der Waals surface area contributed by atoms with Gasteiger partial charge in [0.2, 0.25) is 6.41 Å². The molecule has 0 radical (unpaired) electrons. The smallest absolute Gasteiger partial charge is 0.252 e. The molecular formula is C33H41Cl2N3O6S. The highest BCUT2D eigenvalue weighted by Gasteiger charge is 2.27. The first kappa shape index (κ1) is 38.1. The Morgan fingerprint density at radius 1 is 0.978 bits per heavy atom. The molecule has 12 heteroatoms. The number of fused-ring (bicyclic) bond motifs is 1. The van der Waals surface area contributed by atoms with Crippen molar-refractivity contribution in [3.05, 3.63) is 98.5 Å². The number of hydroxylamine groups is 1. The van der Waals surface area contributed by atoms with Crippen molar-refractivity contribution in [1.82, 2.24) is 15.5 Å². The minimum atomic E-state index is -0.165. The number of thiol groups is 1. The van der Waals surface area contributed by atoms with E-state index in [2.05, 4.69) is 33.1 Å². The van der Waals surface area contributed by atoms with Gasteiger partial charge in [0.05, 0.1) is 19.8 Å². The van der Waals surface area contributed by atoms with Crippen molar-refractivity contribution in [2.24, 2.45) is 0 Å². The third-order valence-electron chi connectivity index (χ3n) is 6.87. The molecule has 1 aliphatic heterocycles. The van der Waals surface area contributed by atoms with Crippen LogP contribution >= 0.6 is 36.0 Å². The van der Waals surface area contributed by atoms with Crippen molar-refractivity contribution in [2.75, 3.05) is 21.3 Å². The summed E-state index contributed by atoms with van der Waals surface area (Å²) in [4.78, 5) is 37.2. The van der Waals surface area contributed by atoms with Crippen LogP contribution in [0.3, 0.4) is 0 Å². The average Bonchev–Trinajstić information content (AvgIpc) is 3.06. The number of benzene rings is 3. The first-order valence-corrected chi connectivity index (χ1v) is 15.6. The Morgan fingerprint density at radius 3 is 2.31 bits per heavy atom. The van der Waals surface area contributed by atoms with E-state index in [9.17, 15) is 14.4 Å². The summed E-state index contributed by atoms with van der Waals surface area (Å²) in [6.45, 7) is 0.250. The maximum Gasteiger partial charge on any atom is 0.252 e. The zero-order valence-corrected chi connectivity index (χ0v) is 28.1. The molecule has 0 saturated heterocycles. The number of methoxy groups -OCH3 is 2. The SMILES string of the molecule is COC.COc1ccc2c(c1)CC(c1ccc(Cl)cc1Cl)NC2=O.O=CNOCc1cccc(C=O)c1.SNC1CCCCC1. The van der Waals surface area contributed by atoms with Crippen LogP contribution in [0.25, 0.3) is 0 Å². The Morgan fingerprint density at radius 2 is 1.71 bits per heavy atom. The van der Waals surface area contributed by atoms with Crippen molar-refractivity contribution in [3.8, 4) is 5.75 Å². The second-order valence-corrected chi connectivity index (χ2v) is 11.3. The molecule has 45 heavy (non-hydrogen) atoms. The van der Waals surface area contributed by atoms with Gasteiger partial charge in [0, 0.05) is 41.4 Å². The lowest BCUT2D eigenvalue weighted by molar-refractivity contribution is -0.121. The molecule has 1 heterocycles. The van der Waals surface area contributed by atoms with Gasteiger partial charge in [0.1, 0.15) is 12.0 Å². The Kier molecular flexibility index (Phi) is 18.3. The van der Waals surface area contributed by atoms with E-state index in [-0.39, 0.29) is 18.6 Å². The Hall–Kier alpha value is -3.12. The molecule has 1 unspecified atom stereocenters. The Labute approximate surface area is 280 Å². The van der Waals surface area contributed by atoms with Crippen molar-refractivity contribution in [3.63, 3.8) is 0 Å². The quantitative estimate of drug-likeness (QED) is 0.0905. The van der Waals surface area contributed by atoms with Gasteiger partial charge >= 0.3 is 0 Å². The van der Waals surface area contributed by atoms with Crippen LogP contribution in [-0.4, -0.2) is 46.0 Å². The molecule has 5 rings (SSSR count). The predicted octanol–water partition coefficient (Wildman–Crippen LogP) is 6.72. The van der Waals surface area contributed by atoms with Crippen molar-refractivity contribution in [1.29, 1.82) is 0 Å². The molecule has 1 fully saturated rings. The van der Waals surface area contributed by atoms with Crippen molar-refractivity contribution in [2.45, 2.75) is 57.2 Å². The highest BCUT2D eigenvalue weighted by atomic mass is 35.5. The highest BCUT2D eigenvalue weighted by molar-refractivity contribution is 7.78. The largest absolute Gasteiger partial charge is 0.497 e. The average molecular weight is 679 g/mol. The van der Waals surface area contributed by atoms with Crippen LogP contribution in [0.1, 0.15) is 75.6 Å². The molecule has 1 aliphatic carbocycles. The number of aldehydes is 1. The zero-order valence-electron chi connectivity index (χ0n) is 25.7. The van der Waals surface area contributed by atoms with E-state index in [0.29, 0.717) is 40.0 Å². The van der Waals surface area contributed by atoms with Crippen LogP contribution in [0.5, 0.6) is 5.75 Å². The fourth-order valence-electron chi connectivity index (χ4n) is 4.71. The van der Waals surface area contributed by atoms with Gasteiger partial charge in [-0.25, -0.2) is 5.48 Å². The first-order chi connectivity index (χ1) is 21.8. The Bertz CT molecular complexity index is 1360. The molecule has 2 amide bonds. The van der Waals surface area contributed by atoms with E-state index in [1.165, 1.54) is 32.1 Å². The Balaban J connectivity index is 0.000000250. The summed E-state index contributed by atoms with van der Waals surface area (Å²) in [5.41, 5.74) is 5.98. The van der Waals surface area contributed by atoms with Crippen molar-refractivity contribution < 1.29 is 28.7 Å². The molecule has 9 nitrogen and oxygen atoms in total. The number of amides is 2. The van der Waals surface area contributed by atoms with E-state index in [1.54, 1.807) is 69.9 Å². The molecule has 3 aromatic carbocycles. The molecule has 3 aromatic rings.